The first kappa shape index (κ1) is 10.5. The zero-order valence-electron chi connectivity index (χ0n) is 10.5. The first-order valence-corrected chi connectivity index (χ1v) is 6.99. The standard InChI is InChI=1S/C16H18N2/c1-2-11-3-4-12(10-16(11)17-7-1)13-8-14-5-6-15(9-13)18-14/h1-4,7,10,13-15,18H,5-6,8-9H2. The Kier molecular flexibility index (Phi) is 2.37. The molecular formula is C16H18N2. The Hall–Kier alpha value is -1.41. The second-order valence-corrected chi connectivity index (χ2v) is 5.76. The summed E-state index contributed by atoms with van der Waals surface area (Å²) in [6.45, 7) is 0. The lowest BCUT2D eigenvalue weighted by Crippen LogP contribution is -2.37. The number of aromatic nitrogens is 1. The summed E-state index contributed by atoms with van der Waals surface area (Å²) >= 11 is 0. The first-order valence-electron chi connectivity index (χ1n) is 6.99. The van der Waals surface area contributed by atoms with Crippen LogP contribution in [-0.2, 0) is 0 Å². The van der Waals surface area contributed by atoms with Gasteiger partial charge in [0.1, 0.15) is 0 Å². The van der Waals surface area contributed by atoms with E-state index in [1.54, 1.807) is 0 Å². The van der Waals surface area contributed by atoms with Gasteiger partial charge in [-0.25, -0.2) is 0 Å². The summed E-state index contributed by atoms with van der Waals surface area (Å²) in [4.78, 5) is 4.47. The maximum absolute atomic E-state index is 4.47. The summed E-state index contributed by atoms with van der Waals surface area (Å²) in [6.07, 6.45) is 7.22. The van der Waals surface area contributed by atoms with Crippen LogP contribution < -0.4 is 5.32 Å². The minimum absolute atomic E-state index is 0.732. The van der Waals surface area contributed by atoms with E-state index in [2.05, 4.69) is 34.6 Å². The third-order valence-electron chi connectivity index (χ3n) is 4.57. The number of pyridine rings is 1. The zero-order chi connectivity index (χ0) is 11.9. The number of benzene rings is 1. The van der Waals surface area contributed by atoms with Crippen molar-refractivity contribution in [1.82, 2.24) is 10.3 Å². The van der Waals surface area contributed by atoms with E-state index in [1.807, 2.05) is 12.3 Å². The average Bonchev–Trinajstić information content (AvgIpc) is 2.77. The molecule has 2 bridgehead atoms. The molecule has 0 radical (unpaired) electrons. The van der Waals surface area contributed by atoms with Crippen LogP contribution in [0.15, 0.2) is 36.5 Å². The lowest BCUT2D eigenvalue weighted by molar-refractivity contribution is 0.363. The van der Waals surface area contributed by atoms with Gasteiger partial charge in [-0.1, -0.05) is 18.2 Å². The number of nitrogens with one attached hydrogen (secondary N) is 1. The summed E-state index contributed by atoms with van der Waals surface area (Å²) < 4.78 is 0. The molecule has 2 fully saturated rings. The maximum Gasteiger partial charge on any atom is 0.0704 e. The molecule has 2 atom stereocenters. The molecule has 2 aliphatic heterocycles. The number of piperidine rings is 1. The number of rotatable bonds is 1. The molecule has 92 valence electrons. The quantitative estimate of drug-likeness (QED) is 0.825. The van der Waals surface area contributed by atoms with Crippen molar-refractivity contribution in [3.63, 3.8) is 0 Å². The minimum Gasteiger partial charge on any atom is -0.311 e. The molecule has 1 aromatic carbocycles. The molecule has 3 heterocycles. The number of nitrogens with zero attached hydrogens (tertiary/aromatic N) is 1. The molecule has 2 aliphatic rings. The van der Waals surface area contributed by atoms with Crippen LogP contribution in [0.5, 0.6) is 0 Å². The van der Waals surface area contributed by atoms with Gasteiger partial charge in [-0.05, 0) is 49.3 Å². The number of hydrogen-bond acceptors (Lipinski definition) is 2. The van der Waals surface area contributed by atoms with Crippen molar-refractivity contribution in [3.8, 4) is 0 Å². The fourth-order valence-corrected chi connectivity index (χ4v) is 3.67. The van der Waals surface area contributed by atoms with Crippen LogP contribution in [0.2, 0.25) is 0 Å². The van der Waals surface area contributed by atoms with Gasteiger partial charge in [0.2, 0.25) is 0 Å². The van der Waals surface area contributed by atoms with E-state index in [-0.39, 0.29) is 0 Å². The minimum atomic E-state index is 0.732. The van der Waals surface area contributed by atoms with Crippen molar-refractivity contribution >= 4 is 10.9 Å². The fourth-order valence-electron chi connectivity index (χ4n) is 3.67. The smallest absolute Gasteiger partial charge is 0.0704 e. The summed E-state index contributed by atoms with van der Waals surface area (Å²) in [5.74, 6) is 0.732. The molecule has 2 unspecified atom stereocenters. The van der Waals surface area contributed by atoms with Gasteiger partial charge in [-0.15, -0.1) is 0 Å². The van der Waals surface area contributed by atoms with Crippen molar-refractivity contribution in [2.75, 3.05) is 0 Å². The third-order valence-corrected chi connectivity index (χ3v) is 4.57. The largest absolute Gasteiger partial charge is 0.311 e. The lowest BCUT2D eigenvalue weighted by Gasteiger charge is -2.29. The number of hydrogen-bond donors (Lipinski definition) is 1. The number of fused-ring (bicyclic) bond motifs is 3. The Labute approximate surface area is 107 Å². The Morgan fingerprint density at radius 1 is 1.06 bits per heavy atom. The highest BCUT2D eigenvalue weighted by atomic mass is 15.0. The van der Waals surface area contributed by atoms with Crippen LogP contribution in [0.1, 0.15) is 37.2 Å². The summed E-state index contributed by atoms with van der Waals surface area (Å²) in [5.41, 5.74) is 2.63. The van der Waals surface area contributed by atoms with Gasteiger partial charge >= 0.3 is 0 Å². The molecule has 0 saturated carbocycles. The Balaban J connectivity index is 1.70. The van der Waals surface area contributed by atoms with Gasteiger partial charge in [-0.2, -0.15) is 0 Å². The van der Waals surface area contributed by atoms with Gasteiger partial charge in [0.15, 0.2) is 0 Å². The van der Waals surface area contributed by atoms with Crippen molar-refractivity contribution in [3.05, 3.63) is 42.1 Å². The Bertz CT molecular complexity index is 566. The molecule has 4 rings (SSSR count). The second-order valence-electron chi connectivity index (χ2n) is 5.76. The second kappa shape index (κ2) is 4.06. The molecule has 1 N–H and O–H groups in total. The van der Waals surface area contributed by atoms with E-state index in [1.165, 1.54) is 36.6 Å². The van der Waals surface area contributed by atoms with Crippen LogP contribution in [0.3, 0.4) is 0 Å². The van der Waals surface area contributed by atoms with Crippen molar-refractivity contribution in [1.29, 1.82) is 0 Å². The molecular weight excluding hydrogens is 220 g/mol. The third kappa shape index (κ3) is 1.72. The van der Waals surface area contributed by atoms with E-state index in [4.69, 9.17) is 0 Å². The van der Waals surface area contributed by atoms with E-state index < -0.39 is 0 Å². The molecule has 18 heavy (non-hydrogen) atoms. The van der Waals surface area contributed by atoms with Crippen LogP contribution in [-0.4, -0.2) is 17.1 Å². The summed E-state index contributed by atoms with van der Waals surface area (Å²) in [6, 6.07) is 12.5. The van der Waals surface area contributed by atoms with Gasteiger partial charge in [-0.3, -0.25) is 4.98 Å². The Morgan fingerprint density at radius 3 is 2.72 bits per heavy atom. The van der Waals surface area contributed by atoms with Crippen molar-refractivity contribution < 1.29 is 0 Å². The highest BCUT2D eigenvalue weighted by molar-refractivity contribution is 5.79. The first-order chi connectivity index (χ1) is 8.88. The molecule has 2 heteroatoms. The highest BCUT2D eigenvalue weighted by Gasteiger charge is 2.33. The molecule has 2 aromatic rings. The van der Waals surface area contributed by atoms with E-state index >= 15 is 0 Å². The van der Waals surface area contributed by atoms with Crippen LogP contribution in [0.4, 0.5) is 0 Å². The molecule has 0 aliphatic carbocycles. The Morgan fingerprint density at radius 2 is 1.89 bits per heavy atom. The SMILES string of the molecule is c1cnc2cc(C3CC4CCC(C3)N4)ccc2c1. The van der Waals surface area contributed by atoms with Crippen molar-refractivity contribution in [2.24, 2.45) is 0 Å². The molecule has 0 amide bonds. The van der Waals surface area contributed by atoms with E-state index in [0.717, 1.165) is 23.5 Å². The van der Waals surface area contributed by atoms with E-state index in [0.29, 0.717) is 0 Å². The summed E-state index contributed by atoms with van der Waals surface area (Å²) in [7, 11) is 0. The molecule has 0 spiro atoms. The van der Waals surface area contributed by atoms with Crippen LogP contribution in [0, 0.1) is 0 Å². The van der Waals surface area contributed by atoms with Crippen LogP contribution in [0.25, 0.3) is 10.9 Å². The predicted octanol–water partition coefficient (Wildman–Crippen LogP) is 3.23. The topological polar surface area (TPSA) is 24.9 Å². The normalized spacial score (nSPS) is 30.8. The van der Waals surface area contributed by atoms with Gasteiger partial charge < -0.3 is 5.32 Å². The maximum atomic E-state index is 4.47. The molecule has 1 aromatic heterocycles. The predicted molar refractivity (Wildman–Crippen MR) is 73.7 cm³/mol. The highest BCUT2D eigenvalue weighted by Crippen LogP contribution is 2.37. The molecule has 2 nitrogen and oxygen atoms in total. The zero-order valence-corrected chi connectivity index (χ0v) is 10.5. The van der Waals surface area contributed by atoms with Gasteiger partial charge in [0.05, 0.1) is 5.52 Å². The summed E-state index contributed by atoms with van der Waals surface area (Å²) in [5, 5.41) is 4.96. The van der Waals surface area contributed by atoms with Crippen LogP contribution >= 0.6 is 0 Å². The van der Waals surface area contributed by atoms with Crippen molar-refractivity contribution in [2.45, 2.75) is 43.7 Å². The van der Waals surface area contributed by atoms with Gasteiger partial charge in [0, 0.05) is 23.7 Å². The fraction of sp³-hybridized carbons (Fsp3) is 0.438. The van der Waals surface area contributed by atoms with Gasteiger partial charge in [0.25, 0.3) is 0 Å². The van der Waals surface area contributed by atoms with E-state index in [9.17, 15) is 0 Å². The monoisotopic (exact) mass is 238 g/mol. The molecule has 2 saturated heterocycles. The lowest BCUT2D eigenvalue weighted by atomic mass is 9.86. The average molecular weight is 238 g/mol.